The van der Waals surface area contributed by atoms with Gasteiger partial charge in [-0.05, 0) is 54.8 Å². The van der Waals surface area contributed by atoms with E-state index in [4.69, 9.17) is 9.47 Å². The van der Waals surface area contributed by atoms with Crippen LogP contribution >= 0.6 is 0 Å². The predicted octanol–water partition coefficient (Wildman–Crippen LogP) is 4.38. The summed E-state index contributed by atoms with van der Waals surface area (Å²) in [7, 11) is 1.30. The second-order valence-electron chi connectivity index (χ2n) is 8.99. The molecule has 0 fully saturated rings. The molecule has 1 atom stereocenters. The van der Waals surface area contributed by atoms with Crippen LogP contribution in [0.1, 0.15) is 42.3 Å². The van der Waals surface area contributed by atoms with E-state index in [0.717, 1.165) is 21.9 Å². The van der Waals surface area contributed by atoms with E-state index in [1.807, 2.05) is 42.5 Å². The van der Waals surface area contributed by atoms with Gasteiger partial charge in [-0.25, -0.2) is 9.59 Å². The molecule has 0 bridgehead atoms. The molecule has 7 heteroatoms. The van der Waals surface area contributed by atoms with Gasteiger partial charge >= 0.3 is 12.1 Å². The lowest BCUT2D eigenvalue weighted by molar-refractivity contribution is -0.142. The minimum Gasteiger partial charge on any atom is -0.467 e. The zero-order valence-electron chi connectivity index (χ0n) is 19.9. The van der Waals surface area contributed by atoms with Crippen LogP contribution < -0.4 is 10.6 Å². The van der Waals surface area contributed by atoms with Gasteiger partial charge in [0.2, 0.25) is 0 Å². The summed E-state index contributed by atoms with van der Waals surface area (Å²) in [6.07, 6.45) is -0.244. The number of carbonyl (C=O) groups excluding carboxylic acids is 3. The summed E-state index contributed by atoms with van der Waals surface area (Å²) in [5.41, 5.74) is 1.41. The second-order valence-corrected chi connectivity index (χ2v) is 8.99. The summed E-state index contributed by atoms with van der Waals surface area (Å²) in [5.74, 6) is -0.931. The first-order valence-corrected chi connectivity index (χ1v) is 11.1. The Labute approximate surface area is 199 Å². The number of benzene rings is 3. The largest absolute Gasteiger partial charge is 0.467 e. The highest BCUT2D eigenvalue weighted by molar-refractivity contribution is 5.97. The van der Waals surface area contributed by atoms with E-state index in [2.05, 4.69) is 10.6 Å². The smallest absolute Gasteiger partial charge is 0.407 e. The number of methoxy groups -OCH3 is 1. The van der Waals surface area contributed by atoms with E-state index in [9.17, 15) is 14.4 Å². The van der Waals surface area contributed by atoms with Crippen molar-refractivity contribution in [3.05, 3.63) is 83.4 Å². The molecule has 0 radical (unpaired) electrons. The number of fused-ring (bicyclic) bond motifs is 1. The Bertz CT molecular complexity index is 1180. The van der Waals surface area contributed by atoms with Crippen LogP contribution in [0.25, 0.3) is 10.8 Å². The molecule has 2 N–H and O–H groups in total. The normalized spacial score (nSPS) is 12.0. The molecule has 34 heavy (non-hydrogen) atoms. The van der Waals surface area contributed by atoms with Crippen LogP contribution in [0.3, 0.4) is 0 Å². The number of ether oxygens (including phenoxy) is 2. The van der Waals surface area contributed by atoms with Crippen molar-refractivity contribution < 1.29 is 23.9 Å². The number of esters is 1. The van der Waals surface area contributed by atoms with Crippen molar-refractivity contribution in [2.45, 2.75) is 45.4 Å². The first-order chi connectivity index (χ1) is 16.1. The van der Waals surface area contributed by atoms with Crippen molar-refractivity contribution in [2.75, 3.05) is 7.11 Å². The van der Waals surface area contributed by atoms with Gasteiger partial charge in [0.1, 0.15) is 11.6 Å². The highest BCUT2D eigenvalue weighted by Gasteiger charge is 2.23. The van der Waals surface area contributed by atoms with Crippen molar-refractivity contribution in [1.29, 1.82) is 0 Å². The molecule has 7 nitrogen and oxygen atoms in total. The van der Waals surface area contributed by atoms with Crippen molar-refractivity contribution in [3.63, 3.8) is 0 Å². The summed E-state index contributed by atoms with van der Waals surface area (Å²) in [6.45, 7) is 5.56. The molecule has 0 spiro atoms. The van der Waals surface area contributed by atoms with E-state index in [0.29, 0.717) is 12.0 Å². The summed E-state index contributed by atoms with van der Waals surface area (Å²) in [4.78, 5) is 37.2. The number of rotatable bonds is 7. The van der Waals surface area contributed by atoms with E-state index in [1.165, 1.54) is 7.11 Å². The van der Waals surface area contributed by atoms with Crippen molar-refractivity contribution in [2.24, 2.45) is 0 Å². The molecule has 3 aromatic carbocycles. The zero-order valence-corrected chi connectivity index (χ0v) is 19.9. The Balaban J connectivity index is 1.68. The molecule has 0 aliphatic rings. The monoisotopic (exact) mass is 462 g/mol. The van der Waals surface area contributed by atoms with Crippen LogP contribution in [0, 0.1) is 0 Å². The molecule has 3 rings (SSSR count). The number of alkyl carbamates (subject to hydrolysis) is 1. The third-order valence-corrected chi connectivity index (χ3v) is 5.07. The molecule has 1 unspecified atom stereocenters. The van der Waals surface area contributed by atoms with Crippen LogP contribution in [0.5, 0.6) is 0 Å². The number of nitrogens with one attached hydrogen (secondary N) is 2. The maximum atomic E-state index is 12.9. The summed E-state index contributed by atoms with van der Waals surface area (Å²) in [6, 6.07) is 19.8. The molecular formula is C27H30N2O5. The van der Waals surface area contributed by atoms with Gasteiger partial charge in [-0.2, -0.15) is 0 Å². The number of hydrogen-bond donors (Lipinski definition) is 2. The Morgan fingerprint density at radius 2 is 1.62 bits per heavy atom. The highest BCUT2D eigenvalue weighted by atomic mass is 16.6. The first-order valence-electron chi connectivity index (χ1n) is 11.1. The third kappa shape index (κ3) is 7.07. The fraction of sp³-hybridized carbons (Fsp3) is 0.296. The van der Waals surface area contributed by atoms with Gasteiger partial charge in [0.05, 0.1) is 7.11 Å². The SMILES string of the molecule is COC(=O)C(Cc1ccc2ccccc2c1)NC(=O)c1cccc(CNC(=O)OC(C)(C)C)c1. The molecule has 0 aliphatic carbocycles. The summed E-state index contributed by atoms with van der Waals surface area (Å²) < 4.78 is 10.2. The zero-order chi connectivity index (χ0) is 24.7. The fourth-order valence-electron chi connectivity index (χ4n) is 3.49. The summed E-state index contributed by atoms with van der Waals surface area (Å²) in [5, 5.41) is 7.60. The van der Waals surface area contributed by atoms with Crippen molar-refractivity contribution in [1.82, 2.24) is 10.6 Å². The minimum atomic E-state index is -0.845. The van der Waals surface area contributed by atoms with Gasteiger partial charge in [-0.1, -0.05) is 54.6 Å². The van der Waals surface area contributed by atoms with Crippen LogP contribution in [-0.4, -0.2) is 36.7 Å². The summed E-state index contributed by atoms with van der Waals surface area (Å²) >= 11 is 0. The molecule has 0 saturated carbocycles. The Morgan fingerprint density at radius 1 is 0.882 bits per heavy atom. The van der Waals surface area contributed by atoms with Gasteiger partial charge in [0, 0.05) is 18.5 Å². The highest BCUT2D eigenvalue weighted by Crippen LogP contribution is 2.17. The molecule has 0 heterocycles. The predicted molar refractivity (Wildman–Crippen MR) is 130 cm³/mol. The fourth-order valence-corrected chi connectivity index (χ4v) is 3.49. The Hall–Kier alpha value is -3.87. The molecule has 0 aliphatic heterocycles. The van der Waals surface area contributed by atoms with E-state index < -0.39 is 29.6 Å². The Morgan fingerprint density at radius 3 is 2.32 bits per heavy atom. The van der Waals surface area contributed by atoms with E-state index in [1.54, 1.807) is 45.0 Å². The van der Waals surface area contributed by atoms with Crippen LogP contribution in [0.15, 0.2) is 66.7 Å². The quantitative estimate of drug-likeness (QED) is 0.508. The average Bonchev–Trinajstić information content (AvgIpc) is 2.80. The van der Waals surface area contributed by atoms with Gasteiger partial charge in [0.25, 0.3) is 5.91 Å². The van der Waals surface area contributed by atoms with Crippen LogP contribution in [0.2, 0.25) is 0 Å². The lowest BCUT2D eigenvalue weighted by Gasteiger charge is -2.20. The molecule has 0 aromatic heterocycles. The average molecular weight is 463 g/mol. The van der Waals surface area contributed by atoms with Crippen LogP contribution in [0.4, 0.5) is 4.79 Å². The lowest BCUT2D eigenvalue weighted by Crippen LogP contribution is -2.43. The number of hydrogen-bond acceptors (Lipinski definition) is 5. The molecule has 0 saturated heterocycles. The topological polar surface area (TPSA) is 93.7 Å². The van der Waals surface area contributed by atoms with E-state index >= 15 is 0 Å². The van der Waals surface area contributed by atoms with Gasteiger partial charge < -0.3 is 20.1 Å². The maximum Gasteiger partial charge on any atom is 0.407 e. The van der Waals surface area contributed by atoms with Crippen molar-refractivity contribution in [3.8, 4) is 0 Å². The molecule has 2 amide bonds. The van der Waals surface area contributed by atoms with Gasteiger partial charge in [-0.3, -0.25) is 4.79 Å². The van der Waals surface area contributed by atoms with Crippen LogP contribution in [-0.2, 0) is 27.2 Å². The van der Waals surface area contributed by atoms with Crippen molar-refractivity contribution >= 4 is 28.7 Å². The molecular weight excluding hydrogens is 432 g/mol. The molecule has 178 valence electrons. The minimum absolute atomic E-state index is 0.202. The number of amides is 2. The first kappa shape index (κ1) is 24.8. The number of carbonyl (C=O) groups is 3. The van der Waals surface area contributed by atoms with E-state index in [-0.39, 0.29) is 6.54 Å². The standard InChI is InChI=1S/C27H30N2O5/c1-27(2,3)34-26(32)28-17-19-8-7-11-22(15-19)24(30)29-23(25(31)33-4)16-18-12-13-20-9-5-6-10-21(20)14-18/h5-15,23H,16-17H2,1-4H3,(H,28,32)(H,29,30). The van der Waals surface area contributed by atoms with Gasteiger partial charge in [-0.15, -0.1) is 0 Å². The third-order valence-electron chi connectivity index (χ3n) is 5.07. The second kappa shape index (κ2) is 10.8. The molecule has 3 aromatic rings. The lowest BCUT2D eigenvalue weighted by atomic mass is 10.0. The maximum absolute atomic E-state index is 12.9. The van der Waals surface area contributed by atoms with Gasteiger partial charge in [0.15, 0.2) is 0 Å². The Kier molecular flexibility index (Phi) is 7.89.